The van der Waals surface area contributed by atoms with Crippen LogP contribution in [0.5, 0.6) is 0 Å². The maximum absolute atomic E-state index is 5.54. The first kappa shape index (κ1) is 18.6. The predicted molar refractivity (Wildman–Crippen MR) is 109 cm³/mol. The van der Waals surface area contributed by atoms with Gasteiger partial charge in [0.25, 0.3) is 0 Å². The van der Waals surface area contributed by atoms with Crippen LogP contribution < -0.4 is 5.32 Å². The van der Waals surface area contributed by atoms with Crippen molar-refractivity contribution in [3.8, 4) is 5.69 Å². The standard InChI is InChI=1S/C21H26N6O/c1-16-3-7-18(8-4-16)20(26-11-13-28-14-12-26)15-22-21-23-24-25-27(21)19-9-5-17(2)6-10-19/h3-10,20H,11-15H2,1-2H3,(H,22,23,25). The molecule has 1 N–H and O–H groups in total. The summed E-state index contributed by atoms with van der Waals surface area (Å²) >= 11 is 0. The lowest BCUT2D eigenvalue weighted by Crippen LogP contribution is -2.41. The molecule has 0 radical (unpaired) electrons. The number of benzene rings is 2. The Morgan fingerprint density at radius 1 is 0.964 bits per heavy atom. The Labute approximate surface area is 165 Å². The Hall–Kier alpha value is -2.77. The average molecular weight is 378 g/mol. The van der Waals surface area contributed by atoms with Crippen LogP contribution >= 0.6 is 0 Å². The number of hydrogen-bond donors (Lipinski definition) is 1. The molecule has 0 bridgehead atoms. The van der Waals surface area contributed by atoms with E-state index < -0.39 is 0 Å². The molecule has 2 heterocycles. The third-order valence-electron chi connectivity index (χ3n) is 5.15. The number of aromatic nitrogens is 4. The third kappa shape index (κ3) is 4.21. The van der Waals surface area contributed by atoms with Gasteiger partial charge in [-0.05, 0) is 42.0 Å². The summed E-state index contributed by atoms with van der Waals surface area (Å²) in [5.41, 5.74) is 4.70. The van der Waals surface area contributed by atoms with E-state index in [9.17, 15) is 0 Å². The number of rotatable bonds is 6. The van der Waals surface area contributed by atoms with Gasteiger partial charge in [0.1, 0.15) is 0 Å². The molecule has 3 aromatic rings. The molecule has 2 aromatic carbocycles. The topological polar surface area (TPSA) is 68.1 Å². The van der Waals surface area contributed by atoms with Crippen LogP contribution in [-0.4, -0.2) is 58.0 Å². The molecule has 7 nitrogen and oxygen atoms in total. The van der Waals surface area contributed by atoms with Crippen LogP contribution in [0.1, 0.15) is 22.7 Å². The monoisotopic (exact) mass is 378 g/mol. The Kier molecular flexibility index (Phi) is 5.64. The fraction of sp³-hybridized carbons (Fsp3) is 0.381. The lowest BCUT2D eigenvalue weighted by Gasteiger charge is -2.35. The molecule has 1 aliphatic rings. The number of nitrogens with one attached hydrogen (secondary N) is 1. The molecular formula is C21H26N6O. The van der Waals surface area contributed by atoms with Gasteiger partial charge in [-0.1, -0.05) is 52.6 Å². The zero-order valence-corrected chi connectivity index (χ0v) is 16.4. The molecule has 0 amide bonds. The SMILES string of the molecule is Cc1ccc(C(CNc2nnnn2-c2ccc(C)cc2)N2CCOCC2)cc1. The second kappa shape index (κ2) is 8.50. The number of anilines is 1. The molecule has 4 rings (SSSR count). The first-order valence-corrected chi connectivity index (χ1v) is 9.68. The van der Waals surface area contributed by atoms with Crippen molar-refractivity contribution < 1.29 is 4.74 Å². The minimum absolute atomic E-state index is 0.229. The maximum Gasteiger partial charge on any atom is 0.247 e. The molecule has 28 heavy (non-hydrogen) atoms. The van der Waals surface area contributed by atoms with Crippen LogP contribution in [0.4, 0.5) is 5.95 Å². The lowest BCUT2D eigenvalue weighted by atomic mass is 10.0. The van der Waals surface area contributed by atoms with Crippen molar-refractivity contribution in [1.29, 1.82) is 0 Å². The second-order valence-electron chi connectivity index (χ2n) is 7.21. The quantitative estimate of drug-likeness (QED) is 0.711. The minimum Gasteiger partial charge on any atom is -0.379 e. The molecule has 146 valence electrons. The Balaban J connectivity index is 1.54. The van der Waals surface area contributed by atoms with Crippen molar-refractivity contribution in [2.24, 2.45) is 0 Å². The van der Waals surface area contributed by atoms with E-state index in [0.29, 0.717) is 5.95 Å². The van der Waals surface area contributed by atoms with Gasteiger partial charge in [-0.2, -0.15) is 4.68 Å². The zero-order valence-electron chi connectivity index (χ0n) is 16.4. The lowest BCUT2D eigenvalue weighted by molar-refractivity contribution is 0.0187. The van der Waals surface area contributed by atoms with Crippen LogP contribution in [-0.2, 0) is 4.74 Å². The molecule has 0 aliphatic carbocycles. The van der Waals surface area contributed by atoms with E-state index in [1.54, 1.807) is 4.68 Å². The van der Waals surface area contributed by atoms with E-state index in [2.05, 4.69) is 76.0 Å². The van der Waals surface area contributed by atoms with Gasteiger partial charge >= 0.3 is 0 Å². The summed E-state index contributed by atoms with van der Waals surface area (Å²) in [6.45, 7) is 8.27. The molecule has 1 saturated heterocycles. The van der Waals surface area contributed by atoms with E-state index in [1.807, 2.05) is 12.1 Å². The Morgan fingerprint density at radius 2 is 1.61 bits per heavy atom. The van der Waals surface area contributed by atoms with Crippen LogP contribution in [0.15, 0.2) is 48.5 Å². The minimum atomic E-state index is 0.229. The van der Waals surface area contributed by atoms with E-state index in [4.69, 9.17) is 4.74 Å². The number of aryl methyl sites for hydroxylation is 2. The Morgan fingerprint density at radius 3 is 2.29 bits per heavy atom. The summed E-state index contributed by atoms with van der Waals surface area (Å²) in [7, 11) is 0. The number of hydrogen-bond acceptors (Lipinski definition) is 6. The summed E-state index contributed by atoms with van der Waals surface area (Å²) in [5, 5.41) is 15.7. The molecule has 7 heteroatoms. The first-order chi connectivity index (χ1) is 13.7. The van der Waals surface area contributed by atoms with E-state index in [-0.39, 0.29) is 6.04 Å². The summed E-state index contributed by atoms with van der Waals surface area (Å²) in [6, 6.07) is 17.1. The van der Waals surface area contributed by atoms with E-state index >= 15 is 0 Å². The van der Waals surface area contributed by atoms with Crippen LogP contribution in [0.25, 0.3) is 5.69 Å². The van der Waals surface area contributed by atoms with E-state index in [1.165, 1.54) is 16.7 Å². The van der Waals surface area contributed by atoms with Crippen molar-refractivity contribution in [3.05, 3.63) is 65.2 Å². The predicted octanol–water partition coefficient (Wildman–Crippen LogP) is 2.76. The highest BCUT2D eigenvalue weighted by Crippen LogP contribution is 2.23. The molecule has 0 spiro atoms. The second-order valence-corrected chi connectivity index (χ2v) is 7.21. The fourth-order valence-corrected chi connectivity index (χ4v) is 3.48. The van der Waals surface area contributed by atoms with Crippen molar-refractivity contribution in [3.63, 3.8) is 0 Å². The molecular weight excluding hydrogens is 352 g/mol. The first-order valence-electron chi connectivity index (χ1n) is 9.68. The highest BCUT2D eigenvalue weighted by Gasteiger charge is 2.23. The summed E-state index contributed by atoms with van der Waals surface area (Å²) in [5.74, 6) is 0.647. The van der Waals surface area contributed by atoms with Gasteiger partial charge in [0.15, 0.2) is 0 Å². The smallest absolute Gasteiger partial charge is 0.247 e. The van der Waals surface area contributed by atoms with Gasteiger partial charge < -0.3 is 10.1 Å². The highest BCUT2D eigenvalue weighted by atomic mass is 16.5. The van der Waals surface area contributed by atoms with Crippen molar-refractivity contribution in [2.45, 2.75) is 19.9 Å². The summed E-state index contributed by atoms with van der Waals surface area (Å²) in [6.07, 6.45) is 0. The Bertz CT molecular complexity index is 884. The van der Waals surface area contributed by atoms with Gasteiger partial charge in [0.05, 0.1) is 24.9 Å². The molecule has 1 unspecified atom stereocenters. The van der Waals surface area contributed by atoms with Crippen LogP contribution in [0, 0.1) is 13.8 Å². The normalized spacial score (nSPS) is 16.1. The molecule has 1 atom stereocenters. The zero-order chi connectivity index (χ0) is 19.3. The maximum atomic E-state index is 5.54. The van der Waals surface area contributed by atoms with Crippen LogP contribution in [0.3, 0.4) is 0 Å². The third-order valence-corrected chi connectivity index (χ3v) is 5.15. The number of morpholine rings is 1. The summed E-state index contributed by atoms with van der Waals surface area (Å²) < 4.78 is 7.28. The van der Waals surface area contributed by atoms with E-state index in [0.717, 1.165) is 38.5 Å². The van der Waals surface area contributed by atoms with Crippen LogP contribution in [0.2, 0.25) is 0 Å². The summed E-state index contributed by atoms with van der Waals surface area (Å²) in [4.78, 5) is 2.46. The van der Waals surface area contributed by atoms with Gasteiger partial charge in [0, 0.05) is 19.6 Å². The van der Waals surface area contributed by atoms with Gasteiger partial charge in [-0.25, -0.2) is 0 Å². The van der Waals surface area contributed by atoms with Gasteiger partial charge in [-0.15, -0.1) is 0 Å². The largest absolute Gasteiger partial charge is 0.379 e. The number of nitrogens with zero attached hydrogens (tertiary/aromatic N) is 5. The van der Waals surface area contributed by atoms with Crippen molar-refractivity contribution in [2.75, 3.05) is 38.2 Å². The molecule has 0 saturated carbocycles. The average Bonchev–Trinajstić information content (AvgIpc) is 3.19. The molecule has 1 fully saturated rings. The fourth-order valence-electron chi connectivity index (χ4n) is 3.48. The van der Waals surface area contributed by atoms with Gasteiger partial charge in [0.2, 0.25) is 5.95 Å². The van der Waals surface area contributed by atoms with Gasteiger partial charge in [-0.3, -0.25) is 4.90 Å². The highest BCUT2D eigenvalue weighted by molar-refractivity contribution is 5.40. The molecule has 1 aromatic heterocycles. The van der Waals surface area contributed by atoms with Crippen molar-refractivity contribution >= 4 is 5.95 Å². The molecule has 1 aliphatic heterocycles. The van der Waals surface area contributed by atoms with Crippen molar-refractivity contribution in [1.82, 2.24) is 25.1 Å². The number of tetrazole rings is 1. The number of ether oxygens (including phenoxy) is 1.